The van der Waals surface area contributed by atoms with Gasteiger partial charge in [0.25, 0.3) is 11.6 Å². The highest BCUT2D eigenvalue weighted by molar-refractivity contribution is 6.31. The third kappa shape index (κ3) is 5.18. The zero-order valence-corrected chi connectivity index (χ0v) is 14.5. The number of esters is 1. The van der Waals surface area contributed by atoms with Crippen molar-refractivity contribution < 1.29 is 24.0 Å². The fraction of sp³-hybridized carbons (Fsp3) is 0.176. The van der Waals surface area contributed by atoms with Crippen LogP contribution in [0.3, 0.4) is 0 Å². The van der Waals surface area contributed by atoms with Crippen LogP contribution in [0.1, 0.15) is 15.9 Å². The molecule has 0 aromatic heterocycles. The van der Waals surface area contributed by atoms with Crippen LogP contribution < -0.4 is 10.1 Å². The molecule has 0 aliphatic carbocycles. The number of hydrogen-bond acceptors (Lipinski definition) is 6. The molecule has 136 valence electrons. The van der Waals surface area contributed by atoms with Crippen LogP contribution in [0.5, 0.6) is 5.75 Å². The highest BCUT2D eigenvalue weighted by Crippen LogP contribution is 2.23. The van der Waals surface area contributed by atoms with E-state index in [2.05, 4.69) is 5.32 Å². The minimum absolute atomic E-state index is 0.115. The van der Waals surface area contributed by atoms with E-state index in [-0.39, 0.29) is 17.1 Å². The molecule has 2 aromatic rings. The Balaban J connectivity index is 1.91. The summed E-state index contributed by atoms with van der Waals surface area (Å²) in [7, 11) is 1.53. The van der Waals surface area contributed by atoms with E-state index >= 15 is 0 Å². The Morgan fingerprint density at radius 2 is 2.00 bits per heavy atom. The number of halogens is 1. The van der Waals surface area contributed by atoms with Gasteiger partial charge >= 0.3 is 5.97 Å². The van der Waals surface area contributed by atoms with E-state index in [1.54, 1.807) is 24.3 Å². The number of nitrogens with one attached hydrogen (secondary N) is 1. The van der Waals surface area contributed by atoms with Crippen molar-refractivity contribution in [1.29, 1.82) is 0 Å². The molecule has 0 aliphatic rings. The number of nitrogens with zero attached hydrogens (tertiary/aromatic N) is 1. The first kappa shape index (κ1) is 19.2. The summed E-state index contributed by atoms with van der Waals surface area (Å²) in [6, 6.07) is 10.6. The van der Waals surface area contributed by atoms with E-state index < -0.39 is 29.1 Å². The molecule has 2 aromatic carbocycles. The van der Waals surface area contributed by atoms with Crippen LogP contribution in [0.4, 0.5) is 5.69 Å². The van der Waals surface area contributed by atoms with Gasteiger partial charge in [-0.05, 0) is 29.8 Å². The van der Waals surface area contributed by atoms with Crippen molar-refractivity contribution in [3.05, 3.63) is 68.7 Å². The smallest absolute Gasteiger partial charge is 0.345 e. The third-order valence-electron chi connectivity index (χ3n) is 3.33. The maximum absolute atomic E-state index is 12.0. The number of hydrogen-bond donors (Lipinski definition) is 1. The molecule has 0 atom stereocenters. The lowest BCUT2D eigenvalue weighted by Crippen LogP contribution is -2.28. The summed E-state index contributed by atoms with van der Waals surface area (Å²) in [4.78, 5) is 34.0. The third-order valence-corrected chi connectivity index (χ3v) is 3.57. The summed E-state index contributed by atoms with van der Waals surface area (Å²) >= 11 is 5.68. The number of nitro benzene ring substituents is 1. The fourth-order valence-electron chi connectivity index (χ4n) is 2.07. The number of rotatable bonds is 7. The quantitative estimate of drug-likeness (QED) is 0.451. The van der Waals surface area contributed by atoms with Crippen LogP contribution in [-0.2, 0) is 16.1 Å². The average molecular weight is 379 g/mol. The topological polar surface area (TPSA) is 108 Å². The van der Waals surface area contributed by atoms with Crippen LogP contribution in [0, 0.1) is 10.1 Å². The van der Waals surface area contributed by atoms with Crippen molar-refractivity contribution >= 4 is 29.2 Å². The summed E-state index contributed by atoms with van der Waals surface area (Å²) < 4.78 is 9.91. The van der Waals surface area contributed by atoms with Crippen LogP contribution in [0.2, 0.25) is 5.02 Å². The summed E-state index contributed by atoms with van der Waals surface area (Å²) in [6.07, 6.45) is 0. The molecule has 1 N–H and O–H groups in total. The minimum atomic E-state index is -0.982. The van der Waals surface area contributed by atoms with Gasteiger partial charge in [0.1, 0.15) is 11.3 Å². The van der Waals surface area contributed by atoms with Gasteiger partial charge in [-0.1, -0.05) is 23.7 Å². The number of benzene rings is 2. The van der Waals surface area contributed by atoms with Gasteiger partial charge in [-0.15, -0.1) is 0 Å². The zero-order chi connectivity index (χ0) is 19.1. The average Bonchev–Trinajstić information content (AvgIpc) is 2.64. The number of carbonyl (C=O) groups excluding carboxylic acids is 2. The predicted molar refractivity (Wildman–Crippen MR) is 93.2 cm³/mol. The maximum atomic E-state index is 12.0. The van der Waals surface area contributed by atoms with Crippen molar-refractivity contribution in [3.8, 4) is 5.75 Å². The molecule has 9 heteroatoms. The van der Waals surface area contributed by atoms with Crippen LogP contribution in [0.25, 0.3) is 0 Å². The molecule has 0 radical (unpaired) electrons. The van der Waals surface area contributed by atoms with E-state index in [0.717, 1.165) is 11.6 Å². The Morgan fingerprint density at radius 1 is 1.23 bits per heavy atom. The minimum Gasteiger partial charge on any atom is -0.497 e. The van der Waals surface area contributed by atoms with Gasteiger partial charge in [-0.2, -0.15) is 0 Å². The molecule has 0 saturated heterocycles. The predicted octanol–water partition coefficient (Wildman–Crippen LogP) is 2.73. The lowest BCUT2D eigenvalue weighted by atomic mass is 10.2. The second-order valence-corrected chi connectivity index (χ2v) is 5.56. The van der Waals surface area contributed by atoms with Gasteiger partial charge in [0.15, 0.2) is 6.61 Å². The van der Waals surface area contributed by atoms with E-state index in [0.29, 0.717) is 5.75 Å². The van der Waals surface area contributed by atoms with Crippen LogP contribution >= 0.6 is 11.6 Å². The maximum Gasteiger partial charge on any atom is 0.345 e. The molecule has 0 bridgehead atoms. The van der Waals surface area contributed by atoms with Gasteiger partial charge in [0, 0.05) is 17.6 Å². The summed E-state index contributed by atoms with van der Waals surface area (Å²) in [6.45, 7) is -0.350. The van der Waals surface area contributed by atoms with E-state index in [1.165, 1.54) is 19.2 Å². The van der Waals surface area contributed by atoms with Crippen molar-refractivity contribution in [2.24, 2.45) is 0 Å². The molecular weight excluding hydrogens is 364 g/mol. The van der Waals surface area contributed by atoms with E-state index in [1.807, 2.05) is 0 Å². The number of carbonyl (C=O) groups is 2. The standard InChI is InChI=1S/C17H15ClN2O6/c1-25-13-4-2-3-11(7-13)9-19-16(21)10-26-17(22)14-6-5-12(18)8-15(14)20(23)24/h2-8H,9-10H2,1H3,(H,19,21). The molecule has 0 fully saturated rings. The Hall–Kier alpha value is -3.13. The van der Waals surface area contributed by atoms with Gasteiger partial charge in [-0.3, -0.25) is 14.9 Å². The first-order valence-corrected chi connectivity index (χ1v) is 7.79. The molecule has 26 heavy (non-hydrogen) atoms. The second-order valence-electron chi connectivity index (χ2n) is 5.12. The Bertz CT molecular complexity index is 840. The van der Waals surface area contributed by atoms with Gasteiger partial charge < -0.3 is 14.8 Å². The highest BCUT2D eigenvalue weighted by atomic mass is 35.5. The summed E-state index contributed by atoms with van der Waals surface area (Å²) in [5.74, 6) is -0.874. The lowest BCUT2D eigenvalue weighted by Gasteiger charge is -2.08. The van der Waals surface area contributed by atoms with Crippen molar-refractivity contribution in [2.75, 3.05) is 13.7 Å². The van der Waals surface area contributed by atoms with E-state index in [4.69, 9.17) is 21.1 Å². The molecule has 0 unspecified atom stereocenters. The van der Waals surface area contributed by atoms with Gasteiger partial charge in [0.2, 0.25) is 0 Å². The molecular formula is C17H15ClN2O6. The van der Waals surface area contributed by atoms with E-state index in [9.17, 15) is 19.7 Å². The normalized spacial score (nSPS) is 10.1. The number of ether oxygens (including phenoxy) is 2. The Kier molecular flexibility index (Phi) is 6.51. The summed E-state index contributed by atoms with van der Waals surface area (Å²) in [5, 5.41) is 13.7. The molecule has 0 spiro atoms. The fourth-order valence-corrected chi connectivity index (χ4v) is 2.24. The Labute approximate surface area is 153 Å². The number of amides is 1. The molecule has 1 amide bonds. The molecule has 0 aliphatic heterocycles. The van der Waals surface area contributed by atoms with Crippen molar-refractivity contribution in [2.45, 2.75) is 6.54 Å². The monoisotopic (exact) mass is 378 g/mol. The SMILES string of the molecule is COc1cccc(CNC(=O)COC(=O)c2ccc(Cl)cc2[N+](=O)[O-])c1. The Morgan fingerprint density at radius 3 is 2.69 bits per heavy atom. The molecule has 8 nitrogen and oxygen atoms in total. The molecule has 0 heterocycles. The largest absolute Gasteiger partial charge is 0.497 e. The zero-order valence-electron chi connectivity index (χ0n) is 13.7. The molecule has 2 rings (SSSR count). The number of methoxy groups -OCH3 is 1. The first-order chi connectivity index (χ1) is 12.4. The van der Waals surface area contributed by atoms with Gasteiger partial charge in [0.05, 0.1) is 12.0 Å². The van der Waals surface area contributed by atoms with Crippen LogP contribution in [-0.4, -0.2) is 30.5 Å². The lowest BCUT2D eigenvalue weighted by molar-refractivity contribution is -0.385. The summed E-state index contributed by atoms with van der Waals surface area (Å²) in [5.41, 5.74) is 0.0386. The second kappa shape index (κ2) is 8.82. The van der Waals surface area contributed by atoms with Crippen molar-refractivity contribution in [1.82, 2.24) is 5.32 Å². The highest BCUT2D eigenvalue weighted by Gasteiger charge is 2.22. The van der Waals surface area contributed by atoms with Crippen molar-refractivity contribution in [3.63, 3.8) is 0 Å². The number of nitro groups is 1. The molecule has 0 saturated carbocycles. The van der Waals surface area contributed by atoms with Gasteiger partial charge in [-0.25, -0.2) is 4.79 Å². The first-order valence-electron chi connectivity index (χ1n) is 7.41. The van der Waals surface area contributed by atoms with Crippen LogP contribution in [0.15, 0.2) is 42.5 Å².